The van der Waals surface area contributed by atoms with Crippen LogP contribution in [-0.4, -0.2) is 40.6 Å². The van der Waals surface area contributed by atoms with Gasteiger partial charge in [0.1, 0.15) is 0 Å². The van der Waals surface area contributed by atoms with Crippen molar-refractivity contribution >= 4 is 28.3 Å². The summed E-state index contributed by atoms with van der Waals surface area (Å²) in [6.07, 6.45) is 8.17. The van der Waals surface area contributed by atoms with Gasteiger partial charge in [0.15, 0.2) is 17.5 Å². The molecule has 0 radical (unpaired) electrons. The molecular weight excluding hydrogens is 518 g/mol. The molecule has 210 valence electrons. The van der Waals surface area contributed by atoms with Gasteiger partial charge in [-0.15, -0.1) is 0 Å². The molecule has 11 nitrogen and oxygen atoms in total. The van der Waals surface area contributed by atoms with Crippen LogP contribution in [0.5, 0.6) is 0 Å². The number of nitrogens with zero attached hydrogens (tertiary/aromatic N) is 7. The molecular formula is C30H33N9O2. The zero-order valence-electron chi connectivity index (χ0n) is 23.4. The normalized spacial score (nSPS) is 17.9. The first-order valence-electron chi connectivity index (χ1n) is 13.9. The van der Waals surface area contributed by atoms with Gasteiger partial charge in [-0.3, -0.25) is 14.7 Å². The van der Waals surface area contributed by atoms with Crippen LogP contribution in [0.3, 0.4) is 0 Å². The van der Waals surface area contributed by atoms with E-state index in [2.05, 4.69) is 27.2 Å². The molecule has 5 aromatic rings. The van der Waals surface area contributed by atoms with Crippen LogP contribution in [0.2, 0.25) is 0 Å². The van der Waals surface area contributed by atoms with E-state index in [9.17, 15) is 9.59 Å². The Morgan fingerprint density at radius 2 is 1.83 bits per heavy atom. The highest BCUT2D eigenvalue weighted by Crippen LogP contribution is 2.38. The number of fused-ring (bicyclic) bond motifs is 1. The van der Waals surface area contributed by atoms with Gasteiger partial charge >= 0.3 is 0 Å². The summed E-state index contributed by atoms with van der Waals surface area (Å²) in [5.41, 5.74) is 8.34. The van der Waals surface area contributed by atoms with Crippen molar-refractivity contribution in [3.8, 4) is 5.82 Å². The molecule has 41 heavy (non-hydrogen) atoms. The summed E-state index contributed by atoms with van der Waals surface area (Å²) in [6, 6.07) is 13.1. The van der Waals surface area contributed by atoms with Crippen molar-refractivity contribution in [2.45, 2.75) is 58.5 Å². The minimum absolute atomic E-state index is 0.127. The SMILES string of the molecule is Cc1cnn(-c2ccc([C@H](C)N(c3cc(C)[nH]n3)c3nn(C4CCC(C(N)=O)CC4)c(=O)c4ccccc34)cn2)c1. The van der Waals surface area contributed by atoms with Gasteiger partial charge in [-0.2, -0.15) is 15.3 Å². The van der Waals surface area contributed by atoms with Gasteiger partial charge in [-0.25, -0.2) is 14.3 Å². The number of anilines is 2. The number of nitrogens with two attached hydrogens (primary N) is 1. The van der Waals surface area contributed by atoms with E-state index in [-0.39, 0.29) is 29.5 Å². The first-order valence-corrected chi connectivity index (χ1v) is 13.9. The lowest BCUT2D eigenvalue weighted by molar-refractivity contribution is -0.122. The maximum absolute atomic E-state index is 13.7. The third-order valence-corrected chi connectivity index (χ3v) is 8.01. The van der Waals surface area contributed by atoms with Crippen LogP contribution in [0.4, 0.5) is 11.6 Å². The van der Waals surface area contributed by atoms with Crippen molar-refractivity contribution in [2.75, 3.05) is 4.90 Å². The van der Waals surface area contributed by atoms with Crippen molar-refractivity contribution < 1.29 is 4.79 Å². The predicted molar refractivity (Wildman–Crippen MR) is 156 cm³/mol. The van der Waals surface area contributed by atoms with E-state index in [1.54, 1.807) is 15.6 Å². The minimum atomic E-state index is -0.279. The van der Waals surface area contributed by atoms with Crippen LogP contribution in [0.15, 0.2) is 65.8 Å². The average molecular weight is 552 g/mol. The average Bonchev–Trinajstić information content (AvgIpc) is 3.62. The molecule has 1 aliphatic carbocycles. The van der Waals surface area contributed by atoms with Gasteiger partial charge in [0.2, 0.25) is 5.91 Å². The molecule has 0 saturated heterocycles. The monoisotopic (exact) mass is 551 g/mol. The van der Waals surface area contributed by atoms with Crippen LogP contribution in [0.25, 0.3) is 16.6 Å². The number of pyridine rings is 1. The van der Waals surface area contributed by atoms with E-state index >= 15 is 0 Å². The van der Waals surface area contributed by atoms with Gasteiger partial charge in [-0.05, 0) is 69.7 Å². The number of hydrogen-bond acceptors (Lipinski definition) is 7. The van der Waals surface area contributed by atoms with E-state index in [0.29, 0.717) is 42.7 Å². The van der Waals surface area contributed by atoms with Gasteiger partial charge in [0.05, 0.1) is 23.7 Å². The fourth-order valence-electron chi connectivity index (χ4n) is 5.70. The van der Waals surface area contributed by atoms with Crippen LogP contribution in [0, 0.1) is 19.8 Å². The number of rotatable bonds is 7. The highest BCUT2D eigenvalue weighted by molar-refractivity contribution is 5.93. The first-order chi connectivity index (χ1) is 19.8. The summed E-state index contributed by atoms with van der Waals surface area (Å²) >= 11 is 0. The third-order valence-electron chi connectivity index (χ3n) is 8.01. The zero-order chi connectivity index (χ0) is 28.7. The Morgan fingerprint density at radius 1 is 1.07 bits per heavy atom. The van der Waals surface area contributed by atoms with Crippen LogP contribution in [0.1, 0.15) is 61.5 Å². The first kappa shape index (κ1) is 26.4. The van der Waals surface area contributed by atoms with Gasteiger partial charge in [0, 0.05) is 35.5 Å². The quantitative estimate of drug-likeness (QED) is 0.305. The van der Waals surface area contributed by atoms with Gasteiger partial charge in [-0.1, -0.05) is 24.3 Å². The van der Waals surface area contributed by atoms with E-state index in [4.69, 9.17) is 10.8 Å². The highest BCUT2D eigenvalue weighted by Gasteiger charge is 2.30. The number of primary amides is 1. The molecule has 6 rings (SSSR count). The second-order valence-corrected chi connectivity index (χ2v) is 10.9. The Bertz CT molecular complexity index is 1760. The molecule has 1 aliphatic rings. The maximum Gasteiger partial charge on any atom is 0.275 e. The number of H-pyrrole nitrogens is 1. The molecule has 1 fully saturated rings. The standard InChI is InChI=1S/C30H33N9O2/c1-18-15-33-37(17-18)26-13-10-22(16-32-26)20(3)38(27-14-19(2)34-35-27)29-24-6-4-5-7-25(24)30(41)39(36-29)23-11-8-21(9-12-23)28(31)40/h4-7,10,13-17,20-21,23H,8-9,11-12H2,1-3H3,(H2,31,40)(H,34,35)/t20-,21?,23?/m0/s1. The van der Waals surface area contributed by atoms with Gasteiger partial charge in [0.25, 0.3) is 5.56 Å². The topological polar surface area (TPSA) is 141 Å². The number of aromatic nitrogens is 7. The lowest BCUT2D eigenvalue weighted by Crippen LogP contribution is -2.35. The van der Waals surface area contributed by atoms with Crippen LogP contribution in [-0.2, 0) is 4.79 Å². The van der Waals surface area contributed by atoms with Crippen LogP contribution >= 0.6 is 0 Å². The summed E-state index contributed by atoms with van der Waals surface area (Å²) in [7, 11) is 0. The molecule has 1 aromatic carbocycles. The van der Waals surface area contributed by atoms with Crippen molar-refractivity contribution in [1.82, 2.24) is 34.7 Å². The number of amides is 1. The zero-order valence-corrected chi connectivity index (χ0v) is 23.4. The Kier molecular flexibility index (Phi) is 6.86. The molecule has 3 N–H and O–H groups in total. The van der Waals surface area contributed by atoms with E-state index < -0.39 is 0 Å². The van der Waals surface area contributed by atoms with Crippen molar-refractivity contribution in [3.05, 3.63) is 88.2 Å². The molecule has 0 aliphatic heterocycles. The number of benzene rings is 1. The van der Waals surface area contributed by atoms with E-state index in [0.717, 1.165) is 28.0 Å². The molecule has 4 heterocycles. The van der Waals surface area contributed by atoms with Gasteiger partial charge < -0.3 is 10.6 Å². The Hall–Kier alpha value is -4.80. The molecule has 1 amide bonds. The molecule has 1 saturated carbocycles. The highest BCUT2D eigenvalue weighted by atomic mass is 16.1. The summed E-state index contributed by atoms with van der Waals surface area (Å²) < 4.78 is 3.35. The molecule has 0 bridgehead atoms. The molecule has 4 aromatic heterocycles. The minimum Gasteiger partial charge on any atom is -0.369 e. The van der Waals surface area contributed by atoms with Crippen LogP contribution < -0.4 is 16.2 Å². The summed E-state index contributed by atoms with van der Waals surface area (Å²) in [5.74, 6) is 1.59. The largest absolute Gasteiger partial charge is 0.369 e. The van der Waals surface area contributed by atoms with Crippen molar-refractivity contribution in [2.24, 2.45) is 11.7 Å². The number of aromatic amines is 1. The molecule has 0 spiro atoms. The summed E-state index contributed by atoms with van der Waals surface area (Å²) in [4.78, 5) is 32.2. The molecule has 11 heteroatoms. The third kappa shape index (κ3) is 4.99. The summed E-state index contributed by atoms with van der Waals surface area (Å²) in [5, 5.41) is 18.4. The Labute approximate surface area is 237 Å². The van der Waals surface area contributed by atoms with E-state index in [1.165, 1.54) is 0 Å². The number of hydrogen-bond donors (Lipinski definition) is 2. The Balaban J connectivity index is 1.45. The predicted octanol–water partition coefficient (Wildman–Crippen LogP) is 4.43. The number of carbonyl (C=O) groups is 1. The smallest absolute Gasteiger partial charge is 0.275 e. The molecule has 0 unspecified atom stereocenters. The fourth-order valence-corrected chi connectivity index (χ4v) is 5.70. The van der Waals surface area contributed by atoms with Crippen molar-refractivity contribution in [1.29, 1.82) is 0 Å². The number of nitrogens with one attached hydrogen (secondary N) is 1. The van der Waals surface area contributed by atoms with E-state index in [1.807, 2.05) is 73.6 Å². The Morgan fingerprint density at radius 3 is 2.44 bits per heavy atom. The molecule has 1 atom stereocenters. The lowest BCUT2D eigenvalue weighted by atomic mass is 9.85. The van der Waals surface area contributed by atoms with Crippen molar-refractivity contribution in [3.63, 3.8) is 0 Å². The second kappa shape index (κ2) is 10.6. The fraction of sp³-hybridized carbons (Fsp3) is 0.333. The lowest BCUT2D eigenvalue weighted by Gasteiger charge is -2.32. The number of carbonyl (C=O) groups excluding carboxylic acids is 1. The number of aryl methyl sites for hydroxylation is 2. The maximum atomic E-state index is 13.7. The second-order valence-electron chi connectivity index (χ2n) is 10.9. The summed E-state index contributed by atoms with van der Waals surface area (Å²) in [6.45, 7) is 6.01.